The van der Waals surface area contributed by atoms with Gasteiger partial charge in [-0.25, -0.2) is 0 Å². The van der Waals surface area contributed by atoms with Gasteiger partial charge in [0.05, 0.1) is 22.3 Å². The Labute approximate surface area is 167 Å². The molecule has 2 aromatic rings. The molecular formula is C19H19Cl2N3O3. The fourth-order valence-electron chi connectivity index (χ4n) is 2.30. The van der Waals surface area contributed by atoms with Gasteiger partial charge in [0.15, 0.2) is 0 Å². The number of carbonyl (C=O) groups excluding carboxylic acids is 3. The summed E-state index contributed by atoms with van der Waals surface area (Å²) in [5.41, 5.74) is 1.62. The highest BCUT2D eigenvalue weighted by molar-refractivity contribution is 6.39. The topological polar surface area (TPSA) is 78.5 Å². The van der Waals surface area contributed by atoms with Gasteiger partial charge in [-0.1, -0.05) is 41.4 Å². The van der Waals surface area contributed by atoms with Crippen molar-refractivity contribution in [2.75, 3.05) is 18.9 Å². The predicted molar refractivity (Wildman–Crippen MR) is 106 cm³/mol. The number of benzene rings is 2. The molecule has 2 N–H and O–H groups in total. The smallest absolute Gasteiger partial charge is 0.254 e. The molecule has 2 rings (SSSR count). The van der Waals surface area contributed by atoms with Crippen LogP contribution in [0, 0.1) is 0 Å². The lowest BCUT2D eigenvalue weighted by Crippen LogP contribution is -2.35. The number of nitrogens with one attached hydrogen (secondary N) is 2. The molecule has 0 aliphatic rings. The summed E-state index contributed by atoms with van der Waals surface area (Å²) in [6.07, 6.45) is 0. The molecule has 0 aliphatic carbocycles. The average molecular weight is 408 g/mol. The van der Waals surface area contributed by atoms with Crippen molar-refractivity contribution in [2.24, 2.45) is 0 Å². The second-order valence-corrected chi connectivity index (χ2v) is 6.73. The highest BCUT2D eigenvalue weighted by Crippen LogP contribution is 2.29. The molecule has 0 radical (unpaired) electrons. The van der Waals surface area contributed by atoms with Gasteiger partial charge in [-0.2, -0.15) is 0 Å². The van der Waals surface area contributed by atoms with E-state index in [0.29, 0.717) is 27.8 Å². The summed E-state index contributed by atoms with van der Waals surface area (Å²) in [6, 6.07) is 11.7. The minimum atomic E-state index is -0.414. The largest absolute Gasteiger partial charge is 0.352 e. The molecule has 0 atom stereocenters. The summed E-state index contributed by atoms with van der Waals surface area (Å²) in [6.45, 7) is 1.67. The molecule has 0 saturated heterocycles. The number of anilines is 1. The van der Waals surface area contributed by atoms with Crippen LogP contribution in [0.2, 0.25) is 10.0 Å². The molecule has 3 amide bonds. The molecule has 0 aliphatic heterocycles. The molecule has 0 spiro atoms. The van der Waals surface area contributed by atoms with Crippen molar-refractivity contribution in [3.05, 3.63) is 63.6 Å². The number of carbonyl (C=O) groups is 3. The maximum atomic E-state index is 12.5. The fraction of sp³-hybridized carbons (Fsp3) is 0.211. The first-order valence-electron chi connectivity index (χ1n) is 8.10. The first-order valence-corrected chi connectivity index (χ1v) is 8.86. The van der Waals surface area contributed by atoms with E-state index < -0.39 is 5.91 Å². The summed E-state index contributed by atoms with van der Waals surface area (Å²) in [5, 5.41) is 5.94. The van der Waals surface area contributed by atoms with Gasteiger partial charge >= 0.3 is 0 Å². The SMILES string of the molecule is CC(=O)NCc1ccc(C(=O)N(C)CC(=O)Nc2c(Cl)cccc2Cl)cc1. The van der Waals surface area contributed by atoms with Crippen LogP contribution in [0.1, 0.15) is 22.8 Å². The van der Waals surface area contributed by atoms with E-state index in [9.17, 15) is 14.4 Å². The normalized spacial score (nSPS) is 10.2. The van der Waals surface area contributed by atoms with Crippen molar-refractivity contribution >= 4 is 46.6 Å². The summed E-state index contributed by atoms with van der Waals surface area (Å²) in [7, 11) is 1.53. The van der Waals surface area contributed by atoms with Crippen LogP contribution < -0.4 is 10.6 Å². The van der Waals surface area contributed by atoms with E-state index in [2.05, 4.69) is 10.6 Å². The molecule has 8 heteroatoms. The van der Waals surface area contributed by atoms with E-state index in [1.165, 1.54) is 18.9 Å². The van der Waals surface area contributed by atoms with Crippen LogP contribution in [-0.4, -0.2) is 36.2 Å². The Balaban J connectivity index is 1.96. The van der Waals surface area contributed by atoms with Crippen LogP contribution in [0.3, 0.4) is 0 Å². The monoisotopic (exact) mass is 407 g/mol. The third-order valence-corrected chi connectivity index (χ3v) is 4.33. The van der Waals surface area contributed by atoms with Crippen molar-refractivity contribution < 1.29 is 14.4 Å². The number of amides is 3. The molecule has 0 saturated carbocycles. The summed E-state index contributed by atoms with van der Waals surface area (Å²) in [4.78, 5) is 36.9. The lowest BCUT2D eigenvalue weighted by atomic mass is 10.1. The lowest BCUT2D eigenvalue weighted by Gasteiger charge is -2.18. The molecule has 142 valence electrons. The highest BCUT2D eigenvalue weighted by Gasteiger charge is 2.16. The molecule has 0 heterocycles. The van der Waals surface area contributed by atoms with Crippen LogP contribution >= 0.6 is 23.2 Å². The van der Waals surface area contributed by atoms with Crippen LogP contribution in [-0.2, 0) is 16.1 Å². The highest BCUT2D eigenvalue weighted by atomic mass is 35.5. The zero-order chi connectivity index (χ0) is 20.0. The van der Waals surface area contributed by atoms with Crippen molar-refractivity contribution in [2.45, 2.75) is 13.5 Å². The minimum Gasteiger partial charge on any atom is -0.352 e. The minimum absolute atomic E-state index is 0.125. The number of rotatable bonds is 6. The standard InChI is InChI=1S/C19H19Cl2N3O3/c1-12(25)22-10-13-6-8-14(9-7-13)19(27)24(2)11-17(26)23-18-15(20)4-3-5-16(18)21/h3-9H,10-11H2,1-2H3,(H,22,25)(H,23,26). The third-order valence-electron chi connectivity index (χ3n) is 3.70. The Kier molecular flexibility index (Phi) is 7.21. The zero-order valence-electron chi connectivity index (χ0n) is 14.9. The Bertz CT molecular complexity index is 834. The lowest BCUT2D eigenvalue weighted by molar-refractivity contribution is -0.119. The molecule has 0 unspecified atom stereocenters. The van der Waals surface area contributed by atoms with Gasteiger partial charge in [-0.05, 0) is 29.8 Å². The molecule has 27 heavy (non-hydrogen) atoms. The Morgan fingerprint density at radius 3 is 2.15 bits per heavy atom. The number of nitrogens with zero attached hydrogens (tertiary/aromatic N) is 1. The van der Waals surface area contributed by atoms with E-state index in [1.54, 1.807) is 42.5 Å². The first kappa shape index (κ1) is 20.7. The zero-order valence-corrected chi connectivity index (χ0v) is 16.4. The third kappa shape index (κ3) is 5.98. The Hall–Kier alpha value is -2.57. The van der Waals surface area contributed by atoms with Crippen molar-refractivity contribution in [1.82, 2.24) is 10.2 Å². The number of halogens is 2. The first-order chi connectivity index (χ1) is 12.8. The number of likely N-dealkylation sites (N-methyl/N-ethyl adjacent to an activating group) is 1. The average Bonchev–Trinajstić information content (AvgIpc) is 2.63. The van der Waals surface area contributed by atoms with E-state index in [4.69, 9.17) is 23.2 Å². The Morgan fingerprint density at radius 1 is 1.00 bits per heavy atom. The van der Waals surface area contributed by atoms with E-state index >= 15 is 0 Å². The van der Waals surface area contributed by atoms with Crippen LogP contribution in [0.5, 0.6) is 0 Å². The quantitative estimate of drug-likeness (QED) is 0.770. The molecule has 0 fully saturated rings. The Morgan fingerprint density at radius 2 is 1.59 bits per heavy atom. The van der Waals surface area contributed by atoms with Crippen molar-refractivity contribution in [3.8, 4) is 0 Å². The van der Waals surface area contributed by atoms with Gasteiger partial charge in [-0.3, -0.25) is 14.4 Å². The number of hydrogen-bond acceptors (Lipinski definition) is 3. The number of hydrogen-bond donors (Lipinski definition) is 2. The van der Waals surface area contributed by atoms with E-state index in [-0.39, 0.29) is 18.4 Å². The van der Waals surface area contributed by atoms with Crippen molar-refractivity contribution in [3.63, 3.8) is 0 Å². The second-order valence-electron chi connectivity index (χ2n) is 5.91. The van der Waals surface area contributed by atoms with Crippen LogP contribution in [0.15, 0.2) is 42.5 Å². The van der Waals surface area contributed by atoms with Gasteiger partial charge in [-0.15, -0.1) is 0 Å². The molecule has 0 aromatic heterocycles. The fourth-order valence-corrected chi connectivity index (χ4v) is 2.79. The molecule has 6 nitrogen and oxygen atoms in total. The molecule has 0 bridgehead atoms. The number of para-hydroxylation sites is 1. The van der Waals surface area contributed by atoms with Gasteiger partial charge in [0.2, 0.25) is 11.8 Å². The van der Waals surface area contributed by atoms with E-state index in [1.807, 2.05) is 0 Å². The second kappa shape index (κ2) is 9.39. The predicted octanol–water partition coefficient (Wildman–Crippen LogP) is 3.34. The van der Waals surface area contributed by atoms with Crippen LogP contribution in [0.4, 0.5) is 5.69 Å². The van der Waals surface area contributed by atoms with Crippen LogP contribution in [0.25, 0.3) is 0 Å². The summed E-state index contributed by atoms with van der Waals surface area (Å²) >= 11 is 12.0. The van der Waals surface area contributed by atoms with Crippen molar-refractivity contribution in [1.29, 1.82) is 0 Å². The summed E-state index contributed by atoms with van der Waals surface area (Å²) < 4.78 is 0. The maximum absolute atomic E-state index is 12.5. The van der Waals surface area contributed by atoms with Gasteiger partial charge < -0.3 is 15.5 Å². The molecule has 2 aromatic carbocycles. The van der Waals surface area contributed by atoms with Gasteiger partial charge in [0.1, 0.15) is 0 Å². The van der Waals surface area contributed by atoms with Gasteiger partial charge in [0.25, 0.3) is 5.91 Å². The maximum Gasteiger partial charge on any atom is 0.254 e. The molecular weight excluding hydrogens is 389 g/mol. The summed E-state index contributed by atoms with van der Waals surface area (Å²) in [5.74, 6) is -0.843. The van der Waals surface area contributed by atoms with Gasteiger partial charge in [0, 0.05) is 26.1 Å². The van der Waals surface area contributed by atoms with E-state index in [0.717, 1.165) is 5.56 Å².